The molecule has 1 amide bonds. The molecule has 0 saturated carbocycles. The van der Waals surface area contributed by atoms with Crippen LogP contribution >= 0.6 is 0 Å². The quantitative estimate of drug-likeness (QED) is 0.210. The van der Waals surface area contributed by atoms with Crippen molar-refractivity contribution in [3.05, 3.63) is 35.0 Å². The van der Waals surface area contributed by atoms with Crippen LogP contribution in [0.15, 0.2) is 18.2 Å². The average molecular weight is 679 g/mol. The Bertz CT molecular complexity index is 1670. The van der Waals surface area contributed by atoms with E-state index in [9.17, 15) is 22.8 Å². The number of tetrazole rings is 1. The number of hydrogen-bond donors (Lipinski definition) is 1. The molecule has 4 rings (SSSR count). The summed E-state index contributed by atoms with van der Waals surface area (Å²) in [4.78, 5) is 27.9. The van der Waals surface area contributed by atoms with E-state index >= 15 is 0 Å². The predicted molar refractivity (Wildman–Crippen MR) is 173 cm³/mol. The van der Waals surface area contributed by atoms with E-state index in [-0.39, 0.29) is 10.7 Å². The summed E-state index contributed by atoms with van der Waals surface area (Å²) in [6.07, 6.45) is -5.84. The number of nitrogens with one attached hydrogen (secondary N) is 1. The zero-order valence-corrected chi connectivity index (χ0v) is 30.0. The van der Waals surface area contributed by atoms with Crippen LogP contribution in [-0.4, -0.2) is 77.5 Å². The molecular weight excluding hydrogens is 633 g/mol. The predicted octanol–water partition coefficient (Wildman–Crippen LogP) is 5.82. The number of aromatic nitrogens is 5. The summed E-state index contributed by atoms with van der Waals surface area (Å²) >= 11 is 0. The van der Waals surface area contributed by atoms with Gasteiger partial charge in [0.2, 0.25) is 5.82 Å². The first kappa shape index (κ1) is 36.1. The third-order valence-electron chi connectivity index (χ3n) is 9.27. The highest BCUT2D eigenvalue weighted by atomic mass is 28.4. The first-order valence-electron chi connectivity index (χ1n) is 15.3. The molecule has 15 heteroatoms. The van der Waals surface area contributed by atoms with E-state index in [0.717, 1.165) is 30.7 Å². The number of methoxy groups -OCH3 is 2. The topological polar surface area (TPSA) is 122 Å². The Morgan fingerprint density at radius 3 is 2.21 bits per heavy atom. The Morgan fingerprint density at radius 1 is 1.02 bits per heavy atom. The van der Waals surface area contributed by atoms with E-state index in [1.165, 1.54) is 4.80 Å². The second kappa shape index (κ2) is 12.4. The van der Waals surface area contributed by atoms with Gasteiger partial charge in [0.1, 0.15) is 17.0 Å². The maximum Gasteiger partial charge on any atom is 0.391 e. The summed E-state index contributed by atoms with van der Waals surface area (Å²) in [6.45, 7) is 16.5. The number of amides is 1. The molecule has 1 atom stereocenters. The number of hydrogen-bond acceptors (Lipinski definition) is 8. The highest BCUT2D eigenvalue weighted by Gasteiger charge is 2.47. The number of nitrogens with zero attached hydrogens (tertiary/aromatic N) is 5. The molecule has 0 fully saturated rings. The van der Waals surface area contributed by atoms with Crippen LogP contribution in [0.2, 0.25) is 18.1 Å². The molecule has 11 nitrogen and oxygen atoms in total. The van der Waals surface area contributed by atoms with Gasteiger partial charge < -0.3 is 23.8 Å². The minimum Gasteiger partial charge on any atom is -0.496 e. The minimum atomic E-state index is -4.74. The molecule has 2 aromatic heterocycles. The van der Waals surface area contributed by atoms with Gasteiger partial charge in [-0.15, -0.1) is 10.2 Å². The molecule has 0 radical (unpaired) electrons. The zero-order chi connectivity index (χ0) is 35.3. The lowest BCUT2D eigenvalue weighted by atomic mass is 9.82. The number of esters is 1. The van der Waals surface area contributed by atoms with E-state index in [2.05, 4.69) is 59.3 Å². The van der Waals surface area contributed by atoms with Crippen LogP contribution in [0.25, 0.3) is 22.6 Å². The molecule has 258 valence electrons. The number of carbonyl (C=O) groups is 2. The normalized spacial score (nSPS) is 15.0. The van der Waals surface area contributed by atoms with Crippen molar-refractivity contribution in [2.75, 3.05) is 20.8 Å². The van der Waals surface area contributed by atoms with E-state index < -0.39 is 43.7 Å². The summed E-state index contributed by atoms with van der Waals surface area (Å²) in [5.74, 6) is -1.13. The van der Waals surface area contributed by atoms with Gasteiger partial charge in [0.25, 0.3) is 5.91 Å². The van der Waals surface area contributed by atoms with E-state index in [4.69, 9.17) is 9.16 Å². The van der Waals surface area contributed by atoms with Gasteiger partial charge in [-0.3, -0.25) is 4.79 Å². The number of benzene rings is 1. The highest BCUT2D eigenvalue weighted by Crippen LogP contribution is 2.45. The van der Waals surface area contributed by atoms with Crippen molar-refractivity contribution in [1.82, 2.24) is 30.1 Å². The number of aryl methyl sites for hydroxylation is 2. The molecule has 3 aromatic rings. The van der Waals surface area contributed by atoms with E-state index in [1.54, 1.807) is 24.8 Å². The van der Waals surface area contributed by atoms with Crippen LogP contribution in [-0.2, 0) is 39.4 Å². The van der Waals surface area contributed by atoms with E-state index in [1.807, 2.05) is 26.0 Å². The van der Waals surface area contributed by atoms with Crippen molar-refractivity contribution in [3.63, 3.8) is 0 Å². The molecule has 1 aliphatic rings. The third kappa shape index (κ3) is 7.25. The summed E-state index contributed by atoms with van der Waals surface area (Å²) in [7, 11) is 2.01. The van der Waals surface area contributed by atoms with Crippen molar-refractivity contribution in [3.8, 4) is 28.4 Å². The fourth-order valence-electron chi connectivity index (χ4n) is 5.56. The Hall–Kier alpha value is -3.72. The fraction of sp³-hybridized carbons (Fsp3) is 0.594. The lowest BCUT2D eigenvalue weighted by Gasteiger charge is -2.39. The smallest absolute Gasteiger partial charge is 0.391 e. The standard InChI is InChI=1S/C32H45F3N6O5Si/c1-29(2,3)47(10,11)46-18-30(4,5)22-16-23(27(42)36-31(6,28(43)45-9)17-32(33,34)35)41-13-12-19-14-24(44-8)21(15-20(19)25(22)41)26-37-39-40(7)38-26/h14-16H,12-13,17-18H2,1-11H3,(H,36,42)/t31-/m0/s1. The molecule has 47 heavy (non-hydrogen) atoms. The summed E-state index contributed by atoms with van der Waals surface area (Å²) in [5.41, 5.74) is 0.928. The van der Waals surface area contributed by atoms with Crippen molar-refractivity contribution in [2.45, 2.75) is 96.2 Å². The molecule has 0 saturated heterocycles. The van der Waals surface area contributed by atoms with Crippen molar-refractivity contribution in [2.24, 2.45) is 7.05 Å². The molecule has 0 unspecified atom stereocenters. The Kier molecular flexibility index (Phi) is 9.51. The molecular formula is C32H45F3N6O5Si. The number of halogens is 3. The number of alkyl halides is 3. The molecule has 0 aliphatic carbocycles. The number of carbonyl (C=O) groups excluding carboxylic acids is 2. The second-order valence-corrected chi connectivity index (χ2v) is 19.3. The molecule has 1 N–H and O–H groups in total. The molecule has 3 heterocycles. The van der Waals surface area contributed by atoms with Gasteiger partial charge in [0, 0.05) is 24.1 Å². The summed E-state index contributed by atoms with van der Waals surface area (Å²) < 4.78 is 59.7. The summed E-state index contributed by atoms with van der Waals surface area (Å²) in [5, 5.41) is 14.8. The first-order chi connectivity index (χ1) is 21.5. The average Bonchev–Trinajstić information content (AvgIpc) is 3.58. The van der Waals surface area contributed by atoms with Crippen LogP contribution in [0.4, 0.5) is 13.2 Å². The van der Waals surface area contributed by atoms with Crippen LogP contribution in [0.1, 0.15) is 69.6 Å². The Morgan fingerprint density at radius 2 is 1.68 bits per heavy atom. The van der Waals surface area contributed by atoms with E-state index in [0.29, 0.717) is 42.4 Å². The fourth-order valence-corrected chi connectivity index (χ4v) is 6.71. The van der Waals surface area contributed by atoms with Crippen molar-refractivity contribution < 1.29 is 36.7 Å². The lowest BCUT2D eigenvalue weighted by Crippen LogP contribution is -2.55. The van der Waals surface area contributed by atoms with Crippen LogP contribution < -0.4 is 10.1 Å². The van der Waals surface area contributed by atoms with Gasteiger partial charge in [-0.1, -0.05) is 34.6 Å². The van der Waals surface area contributed by atoms with Gasteiger partial charge in [-0.2, -0.15) is 18.0 Å². The number of ether oxygens (including phenoxy) is 2. The van der Waals surface area contributed by atoms with Gasteiger partial charge in [0.15, 0.2) is 8.32 Å². The zero-order valence-electron chi connectivity index (χ0n) is 29.0. The molecule has 0 spiro atoms. The van der Waals surface area contributed by atoms with Crippen LogP contribution in [0.3, 0.4) is 0 Å². The lowest BCUT2D eigenvalue weighted by molar-refractivity contribution is -0.169. The molecule has 1 aromatic carbocycles. The highest BCUT2D eigenvalue weighted by molar-refractivity contribution is 6.74. The van der Waals surface area contributed by atoms with Crippen molar-refractivity contribution >= 4 is 20.2 Å². The van der Waals surface area contributed by atoms with Gasteiger partial charge in [-0.05, 0) is 66.0 Å². The maximum absolute atomic E-state index is 13.9. The SMILES string of the molecule is COC(=O)[C@](C)(CC(F)(F)F)NC(=O)c1cc(C(C)(C)CO[Si](C)(C)C(C)(C)C)c2n1CCc1cc(OC)c(-c3nnn(C)n3)cc1-2. The summed E-state index contributed by atoms with van der Waals surface area (Å²) in [6, 6.07) is 5.51. The number of fused-ring (bicyclic) bond motifs is 3. The Labute approximate surface area is 274 Å². The monoisotopic (exact) mass is 678 g/mol. The molecule has 1 aliphatic heterocycles. The van der Waals surface area contributed by atoms with Gasteiger partial charge in [0.05, 0.1) is 38.9 Å². The van der Waals surface area contributed by atoms with Gasteiger partial charge >= 0.3 is 12.1 Å². The van der Waals surface area contributed by atoms with Crippen LogP contribution in [0.5, 0.6) is 5.75 Å². The maximum atomic E-state index is 13.9. The minimum absolute atomic E-state index is 0.0487. The molecule has 0 bridgehead atoms. The number of rotatable bonds is 10. The second-order valence-electron chi connectivity index (χ2n) is 14.5. The van der Waals surface area contributed by atoms with Crippen molar-refractivity contribution in [1.29, 1.82) is 0 Å². The largest absolute Gasteiger partial charge is 0.496 e. The first-order valence-corrected chi connectivity index (χ1v) is 18.3. The third-order valence-corrected chi connectivity index (χ3v) is 13.8. The van der Waals surface area contributed by atoms with Crippen LogP contribution in [0, 0.1) is 0 Å². The Balaban J connectivity index is 1.92. The van der Waals surface area contributed by atoms with Gasteiger partial charge in [-0.25, -0.2) is 4.79 Å².